The number of carbonyl (C=O) groups is 1. The highest BCUT2D eigenvalue weighted by Crippen LogP contribution is 2.32. The van der Waals surface area contributed by atoms with Crippen molar-refractivity contribution >= 4 is 22.6 Å². The highest BCUT2D eigenvalue weighted by Gasteiger charge is 2.20. The average molecular weight is 413 g/mol. The van der Waals surface area contributed by atoms with Crippen molar-refractivity contribution in [1.29, 1.82) is 0 Å². The van der Waals surface area contributed by atoms with Crippen molar-refractivity contribution in [2.24, 2.45) is 0 Å². The Labute approximate surface area is 180 Å². The van der Waals surface area contributed by atoms with Crippen molar-refractivity contribution in [1.82, 2.24) is 0 Å². The molecule has 0 unspecified atom stereocenters. The number of amides is 1. The molecule has 1 aromatic heterocycles. The zero-order valence-corrected chi connectivity index (χ0v) is 17.7. The van der Waals surface area contributed by atoms with Crippen molar-refractivity contribution in [2.45, 2.75) is 20.8 Å². The SMILES string of the molecule is Cc1ccc(-c2oc3c(C)cc(C)cc3c(=O)c2OCC(=O)Nc2ccccc2)cc1. The van der Waals surface area contributed by atoms with E-state index in [1.165, 1.54) is 0 Å². The monoisotopic (exact) mass is 413 g/mol. The highest BCUT2D eigenvalue weighted by atomic mass is 16.5. The molecule has 0 radical (unpaired) electrons. The number of hydrogen-bond acceptors (Lipinski definition) is 4. The number of ether oxygens (including phenoxy) is 1. The van der Waals surface area contributed by atoms with Crippen LogP contribution in [0.25, 0.3) is 22.3 Å². The van der Waals surface area contributed by atoms with Gasteiger partial charge in [0, 0.05) is 11.3 Å². The number of anilines is 1. The van der Waals surface area contributed by atoms with Gasteiger partial charge >= 0.3 is 0 Å². The van der Waals surface area contributed by atoms with Gasteiger partial charge < -0.3 is 14.5 Å². The topological polar surface area (TPSA) is 68.5 Å². The molecule has 3 aromatic carbocycles. The summed E-state index contributed by atoms with van der Waals surface area (Å²) in [7, 11) is 0. The second-order valence-electron chi connectivity index (χ2n) is 7.62. The molecule has 0 aliphatic heterocycles. The predicted octanol–water partition coefficient (Wildman–Crippen LogP) is 5.40. The fourth-order valence-corrected chi connectivity index (χ4v) is 3.51. The minimum absolute atomic E-state index is 0.0320. The van der Waals surface area contributed by atoms with Crippen LogP contribution in [-0.4, -0.2) is 12.5 Å². The third-order valence-corrected chi connectivity index (χ3v) is 5.00. The van der Waals surface area contributed by atoms with E-state index in [0.29, 0.717) is 28.0 Å². The maximum atomic E-state index is 13.3. The molecule has 31 heavy (non-hydrogen) atoms. The summed E-state index contributed by atoms with van der Waals surface area (Å²) in [6.45, 7) is 5.51. The third kappa shape index (κ3) is 4.36. The molecule has 0 aliphatic carbocycles. The van der Waals surface area contributed by atoms with E-state index in [2.05, 4.69) is 5.32 Å². The van der Waals surface area contributed by atoms with Crippen LogP contribution in [0.15, 0.2) is 75.9 Å². The summed E-state index contributed by atoms with van der Waals surface area (Å²) in [4.78, 5) is 25.7. The van der Waals surface area contributed by atoms with Crippen LogP contribution in [0.4, 0.5) is 5.69 Å². The second-order valence-corrected chi connectivity index (χ2v) is 7.62. The lowest BCUT2D eigenvalue weighted by Gasteiger charge is -2.13. The van der Waals surface area contributed by atoms with Crippen molar-refractivity contribution in [3.63, 3.8) is 0 Å². The predicted molar refractivity (Wildman–Crippen MR) is 123 cm³/mol. The van der Waals surface area contributed by atoms with Crippen LogP contribution >= 0.6 is 0 Å². The molecule has 1 heterocycles. The molecule has 0 atom stereocenters. The molecule has 5 heteroatoms. The lowest BCUT2D eigenvalue weighted by atomic mass is 10.0. The lowest BCUT2D eigenvalue weighted by Crippen LogP contribution is -2.22. The van der Waals surface area contributed by atoms with Crippen molar-refractivity contribution in [3.05, 3.63) is 93.6 Å². The van der Waals surface area contributed by atoms with Crippen molar-refractivity contribution in [2.75, 3.05) is 11.9 Å². The number of benzene rings is 3. The van der Waals surface area contributed by atoms with Gasteiger partial charge in [0.1, 0.15) is 5.58 Å². The number of aryl methyl sites for hydroxylation is 3. The quantitative estimate of drug-likeness (QED) is 0.475. The molecule has 1 amide bonds. The van der Waals surface area contributed by atoms with E-state index in [1.807, 2.05) is 69.3 Å². The molecule has 4 aromatic rings. The summed E-state index contributed by atoms with van der Waals surface area (Å²) in [6.07, 6.45) is 0. The molecule has 0 saturated carbocycles. The average Bonchev–Trinajstić information content (AvgIpc) is 2.75. The van der Waals surface area contributed by atoms with Crippen LogP contribution in [0, 0.1) is 20.8 Å². The number of nitrogens with one attached hydrogen (secondary N) is 1. The van der Waals surface area contributed by atoms with Gasteiger partial charge in [-0.3, -0.25) is 9.59 Å². The van der Waals surface area contributed by atoms with E-state index in [4.69, 9.17) is 9.15 Å². The summed E-state index contributed by atoms with van der Waals surface area (Å²) >= 11 is 0. The molecule has 4 rings (SSSR count). The Morgan fingerprint density at radius 3 is 2.35 bits per heavy atom. The minimum atomic E-state index is -0.360. The Hall–Kier alpha value is -3.86. The maximum absolute atomic E-state index is 13.3. The van der Waals surface area contributed by atoms with Gasteiger partial charge in [-0.1, -0.05) is 54.1 Å². The van der Waals surface area contributed by atoms with Gasteiger partial charge in [0.05, 0.1) is 5.39 Å². The first kappa shape index (κ1) is 20.4. The van der Waals surface area contributed by atoms with Gasteiger partial charge in [-0.05, 0) is 50.1 Å². The molecule has 0 bridgehead atoms. The van der Waals surface area contributed by atoms with Gasteiger partial charge in [0.15, 0.2) is 12.4 Å². The molecular formula is C26H23NO4. The van der Waals surface area contributed by atoms with E-state index in [-0.39, 0.29) is 23.7 Å². The Morgan fingerprint density at radius 2 is 1.65 bits per heavy atom. The Morgan fingerprint density at radius 1 is 0.935 bits per heavy atom. The Balaban J connectivity index is 1.75. The number of carbonyl (C=O) groups excluding carboxylic acids is 1. The second kappa shape index (κ2) is 8.48. The van der Waals surface area contributed by atoms with Gasteiger partial charge in [-0.15, -0.1) is 0 Å². The molecule has 0 aliphatic rings. The molecule has 1 N–H and O–H groups in total. The number of hydrogen-bond donors (Lipinski definition) is 1. The summed E-state index contributed by atoms with van der Waals surface area (Å²) in [5.74, 6) is -0.0116. The Kier molecular flexibility index (Phi) is 5.58. The van der Waals surface area contributed by atoms with Gasteiger partial charge in [-0.25, -0.2) is 0 Å². The van der Waals surface area contributed by atoms with Crippen molar-refractivity contribution < 1.29 is 13.9 Å². The van der Waals surface area contributed by atoms with Crippen LogP contribution in [0.1, 0.15) is 16.7 Å². The van der Waals surface area contributed by atoms with Crippen LogP contribution in [0.2, 0.25) is 0 Å². The largest absolute Gasteiger partial charge is 0.476 e. The molecule has 5 nitrogen and oxygen atoms in total. The Bertz CT molecular complexity index is 1310. The zero-order chi connectivity index (χ0) is 22.0. The third-order valence-electron chi connectivity index (χ3n) is 5.00. The van der Waals surface area contributed by atoms with Crippen LogP contribution in [0.3, 0.4) is 0 Å². The summed E-state index contributed by atoms with van der Waals surface area (Å²) in [5, 5.41) is 3.19. The fraction of sp³-hybridized carbons (Fsp3) is 0.154. The van der Waals surface area contributed by atoms with E-state index in [0.717, 1.165) is 16.7 Å². The van der Waals surface area contributed by atoms with Crippen LogP contribution in [-0.2, 0) is 4.79 Å². The summed E-state index contributed by atoms with van der Waals surface area (Å²) in [6, 6.07) is 20.5. The smallest absolute Gasteiger partial charge is 0.262 e. The van der Waals surface area contributed by atoms with Crippen LogP contribution in [0.5, 0.6) is 5.75 Å². The van der Waals surface area contributed by atoms with E-state index in [1.54, 1.807) is 18.2 Å². The van der Waals surface area contributed by atoms with E-state index >= 15 is 0 Å². The zero-order valence-electron chi connectivity index (χ0n) is 17.7. The first-order valence-electron chi connectivity index (χ1n) is 10.0. The first-order valence-corrected chi connectivity index (χ1v) is 10.0. The van der Waals surface area contributed by atoms with Gasteiger partial charge in [-0.2, -0.15) is 0 Å². The van der Waals surface area contributed by atoms with Gasteiger partial charge in [0.2, 0.25) is 11.2 Å². The number of para-hydroxylation sites is 1. The van der Waals surface area contributed by atoms with Crippen molar-refractivity contribution in [3.8, 4) is 17.1 Å². The number of rotatable bonds is 5. The summed E-state index contributed by atoms with van der Waals surface area (Å²) in [5.41, 5.74) is 4.50. The number of fused-ring (bicyclic) bond motifs is 1. The normalized spacial score (nSPS) is 10.8. The fourth-order valence-electron chi connectivity index (χ4n) is 3.51. The molecular weight excluding hydrogens is 390 g/mol. The minimum Gasteiger partial charge on any atom is -0.476 e. The van der Waals surface area contributed by atoms with Crippen LogP contribution < -0.4 is 15.5 Å². The first-order chi connectivity index (χ1) is 14.9. The highest BCUT2D eigenvalue weighted by molar-refractivity contribution is 5.92. The molecule has 156 valence electrons. The molecule has 0 fully saturated rings. The molecule has 0 saturated heterocycles. The van der Waals surface area contributed by atoms with Gasteiger partial charge in [0.25, 0.3) is 5.91 Å². The maximum Gasteiger partial charge on any atom is 0.262 e. The standard InChI is InChI=1S/C26H23NO4/c1-16-9-11-19(12-10-16)25-26(30-15-22(28)27-20-7-5-4-6-8-20)23(29)21-14-17(2)13-18(3)24(21)31-25/h4-14H,15H2,1-3H3,(H,27,28). The van der Waals surface area contributed by atoms with E-state index in [9.17, 15) is 9.59 Å². The molecule has 0 spiro atoms. The van der Waals surface area contributed by atoms with E-state index < -0.39 is 0 Å². The lowest BCUT2D eigenvalue weighted by molar-refractivity contribution is -0.118. The summed E-state index contributed by atoms with van der Waals surface area (Å²) < 4.78 is 11.9.